The second-order valence-electron chi connectivity index (χ2n) is 7.67. The zero-order chi connectivity index (χ0) is 21.5. The quantitative estimate of drug-likeness (QED) is 0.610. The van der Waals surface area contributed by atoms with Crippen LogP contribution in [0.5, 0.6) is 5.75 Å². The average Bonchev–Trinajstić information content (AvgIpc) is 3.13. The molecular formula is C22H30N3O4S. The van der Waals surface area contributed by atoms with Crippen molar-refractivity contribution in [2.75, 3.05) is 44.4 Å². The van der Waals surface area contributed by atoms with E-state index in [1.54, 1.807) is 23.5 Å². The van der Waals surface area contributed by atoms with Crippen molar-refractivity contribution < 1.29 is 19.0 Å². The van der Waals surface area contributed by atoms with E-state index in [0.717, 1.165) is 37.1 Å². The molecule has 1 fully saturated rings. The molecule has 1 saturated heterocycles. The topological polar surface area (TPSA) is 86.9 Å². The van der Waals surface area contributed by atoms with Crippen molar-refractivity contribution in [2.24, 2.45) is 11.7 Å². The summed E-state index contributed by atoms with van der Waals surface area (Å²) in [6.07, 6.45) is 0.702. The van der Waals surface area contributed by atoms with Crippen LogP contribution in [0, 0.1) is 18.9 Å². The van der Waals surface area contributed by atoms with Gasteiger partial charge in [-0.2, -0.15) is 0 Å². The number of hydrogen-bond donors (Lipinski definition) is 1. The summed E-state index contributed by atoms with van der Waals surface area (Å²) >= 11 is 1.71. The van der Waals surface area contributed by atoms with Crippen molar-refractivity contribution in [1.29, 1.82) is 0 Å². The van der Waals surface area contributed by atoms with Gasteiger partial charge in [0.25, 0.3) is 0 Å². The molecule has 30 heavy (non-hydrogen) atoms. The predicted octanol–water partition coefficient (Wildman–Crippen LogP) is 2.91. The molecule has 163 valence electrons. The summed E-state index contributed by atoms with van der Waals surface area (Å²) in [5.74, 6) is 0.365. The van der Waals surface area contributed by atoms with Gasteiger partial charge in [-0.25, -0.2) is 9.78 Å². The largest absolute Gasteiger partial charge is 0.493 e. The molecule has 1 aliphatic heterocycles. The Bertz CT molecular complexity index is 834. The molecular weight excluding hydrogens is 402 g/mol. The first-order valence-corrected chi connectivity index (χ1v) is 11.1. The van der Waals surface area contributed by atoms with Gasteiger partial charge in [0.2, 0.25) is 0 Å². The monoisotopic (exact) mass is 432 g/mol. The van der Waals surface area contributed by atoms with E-state index < -0.39 is 12.0 Å². The van der Waals surface area contributed by atoms with E-state index in [1.807, 2.05) is 19.9 Å². The van der Waals surface area contributed by atoms with Crippen LogP contribution in [0.25, 0.3) is 0 Å². The normalized spacial score (nSPS) is 15.3. The fourth-order valence-corrected chi connectivity index (χ4v) is 4.00. The number of carbonyl (C=O) groups excluding carboxylic acids is 1. The number of rotatable bonds is 9. The predicted molar refractivity (Wildman–Crippen MR) is 117 cm³/mol. The minimum atomic E-state index is -0.871. The van der Waals surface area contributed by atoms with Gasteiger partial charge in [-0.3, -0.25) is 0 Å². The van der Waals surface area contributed by atoms with Gasteiger partial charge in [-0.15, -0.1) is 11.3 Å². The van der Waals surface area contributed by atoms with Crippen LogP contribution < -0.4 is 15.4 Å². The molecule has 0 saturated carbocycles. The van der Waals surface area contributed by atoms with E-state index in [4.69, 9.17) is 24.9 Å². The zero-order valence-corrected chi connectivity index (χ0v) is 18.7. The number of ether oxygens (including phenoxy) is 3. The van der Waals surface area contributed by atoms with E-state index in [2.05, 4.69) is 17.9 Å². The summed E-state index contributed by atoms with van der Waals surface area (Å²) in [7, 11) is 0. The fraction of sp³-hybridized carbons (Fsp3) is 0.545. The number of aryl methyl sites for hydroxylation is 1. The van der Waals surface area contributed by atoms with E-state index in [0.29, 0.717) is 30.9 Å². The molecule has 2 heterocycles. The third-order valence-electron chi connectivity index (χ3n) is 4.70. The number of benzene rings is 1. The minimum absolute atomic E-state index is 0.262. The summed E-state index contributed by atoms with van der Waals surface area (Å²) < 4.78 is 16.5. The lowest BCUT2D eigenvalue weighted by Crippen LogP contribution is -2.36. The number of thiazole rings is 1. The molecule has 3 rings (SSSR count). The summed E-state index contributed by atoms with van der Waals surface area (Å²) in [6.45, 7) is 10.1. The second kappa shape index (κ2) is 10.7. The Balaban J connectivity index is 1.53. The van der Waals surface area contributed by atoms with Crippen molar-refractivity contribution in [3.05, 3.63) is 40.4 Å². The van der Waals surface area contributed by atoms with Crippen molar-refractivity contribution in [2.45, 2.75) is 33.2 Å². The lowest BCUT2D eigenvalue weighted by molar-refractivity contribution is -0.146. The number of anilines is 1. The Morgan fingerprint density at radius 3 is 2.87 bits per heavy atom. The maximum atomic E-state index is 12.1. The molecule has 8 heteroatoms. The summed E-state index contributed by atoms with van der Waals surface area (Å²) in [6, 6.07) is 7.58. The Hall–Kier alpha value is -2.16. The molecule has 2 aromatic rings. The van der Waals surface area contributed by atoms with Crippen LogP contribution in [0.15, 0.2) is 18.2 Å². The van der Waals surface area contributed by atoms with Crippen molar-refractivity contribution in [1.82, 2.24) is 4.98 Å². The Kier molecular flexibility index (Phi) is 8.07. The Morgan fingerprint density at radius 1 is 1.37 bits per heavy atom. The van der Waals surface area contributed by atoms with Gasteiger partial charge in [0.05, 0.1) is 32.1 Å². The molecule has 1 radical (unpaired) electrons. The van der Waals surface area contributed by atoms with Crippen molar-refractivity contribution in [3.8, 4) is 5.75 Å². The highest BCUT2D eigenvalue weighted by Crippen LogP contribution is 2.27. The molecule has 1 aromatic heterocycles. The number of nitrogens with zero attached hydrogens (tertiary/aromatic N) is 2. The first kappa shape index (κ1) is 22.5. The van der Waals surface area contributed by atoms with Crippen LogP contribution in [-0.2, 0) is 20.7 Å². The smallest absolute Gasteiger partial charge is 0.327 e. The zero-order valence-electron chi connectivity index (χ0n) is 17.8. The van der Waals surface area contributed by atoms with Crippen LogP contribution in [0.4, 0.5) is 5.13 Å². The molecule has 2 N–H and O–H groups in total. The highest BCUT2D eigenvalue weighted by Gasteiger charge is 2.19. The first-order valence-electron chi connectivity index (χ1n) is 10.3. The van der Waals surface area contributed by atoms with Crippen LogP contribution in [-0.4, -0.2) is 50.5 Å². The van der Waals surface area contributed by atoms with Crippen LogP contribution >= 0.6 is 11.3 Å². The Morgan fingerprint density at radius 2 is 2.13 bits per heavy atom. The van der Waals surface area contributed by atoms with Gasteiger partial charge in [0.1, 0.15) is 11.8 Å². The molecule has 0 aliphatic carbocycles. The number of hydrogen-bond acceptors (Lipinski definition) is 8. The van der Waals surface area contributed by atoms with Crippen molar-refractivity contribution >= 4 is 22.4 Å². The molecule has 0 spiro atoms. The summed E-state index contributed by atoms with van der Waals surface area (Å²) in [5, 5.41) is 1.05. The molecule has 1 unspecified atom stereocenters. The third-order valence-corrected chi connectivity index (χ3v) is 5.77. The number of morpholine rings is 1. The lowest BCUT2D eigenvalue weighted by atomic mass is 10.1. The third kappa shape index (κ3) is 6.17. The van der Waals surface area contributed by atoms with Gasteiger partial charge in [0.15, 0.2) is 5.13 Å². The SMILES string of the molecule is Cc1sc(N2CCOCC2)nc1CCOc1[c]c(C(N)C(=O)OCC(C)C)ccc1. The highest BCUT2D eigenvalue weighted by atomic mass is 32.1. The van der Waals surface area contributed by atoms with Crippen LogP contribution in [0.2, 0.25) is 0 Å². The number of nitrogens with two attached hydrogens (primary N) is 1. The summed E-state index contributed by atoms with van der Waals surface area (Å²) in [5.41, 5.74) is 7.63. The number of carbonyl (C=O) groups is 1. The van der Waals surface area contributed by atoms with E-state index in [1.165, 1.54) is 4.88 Å². The average molecular weight is 433 g/mol. The van der Waals surface area contributed by atoms with E-state index in [9.17, 15) is 4.79 Å². The van der Waals surface area contributed by atoms with Gasteiger partial charge in [-0.05, 0) is 24.5 Å². The second-order valence-corrected chi connectivity index (χ2v) is 8.85. The van der Waals surface area contributed by atoms with Gasteiger partial charge >= 0.3 is 5.97 Å². The fourth-order valence-electron chi connectivity index (χ4n) is 2.99. The van der Waals surface area contributed by atoms with Gasteiger partial charge in [0, 0.05) is 30.5 Å². The standard InChI is InChI=1S/C22H30N3O4S/c1-15(2)14-29-21(26)20(23)17-5-4-6-18(13-17)28-10-7-19-16(3)30-22(24-19)25-8-11-27-12-9-25/h4-6,15,20H,7-12,14,23H2,1-3H3. The highest BCUT2D eigenvalue weighted by molar-refractivity contribution is 7.15. The van der Waals surface area contributed by atoms with Crippen molar-refractivity contribution in [3.63, 3.8) is 0 Å². The molecule has 7 nitrogen and oxygen atoms in total. The number of esters is 1. The van der Waals surface area contributed by atoms with Crippen LogP contribution in [0.1, 0.15) is 36.0 Å². The van der Waals surface area contributed by atoms with E-state index in [-0.39, 0.29) is 5.92 Å². The maximum Gasteiger partial charge on any atom is 0.327 e. The van der Waals surface area contributed by atoms with Gasteiger partial charge < -0.3 is 24.8 Å². The molecule has 1 aromatic carbocycles. The molecule has 1 aliphatic rings. The number of aromatic nitrogens is 1. The molecule has 0 bridgehead atoms. The lowest BCUT2D eigenvalue weighted by Gasteiger charge is -2.26. The van der Waals surface area contributed by atoms with Gasteiger partial charge in [-0.1, -0.05) is 26.0 Å². The molecule has 0 amide bonds. The minimum Gasteiger partial charge on any atom is -0.493 e. The molecule has 1 atom stereocenters. The summed E-state index contributed by atoms with van der Waals surface area (Å²) in [4.78, 5) is 20.4. The Labute approximate surface area is 182 Å². The first-order chi connectivity index (χ1) is 14.4. The maximum absolute atomic E-state index is 12.1. The van der Waals surface area contributed by atoms with E-state index >= 15 is 0 Å². The van der Waals surface area contributed by atoms with Crippen LogP contribution in [0.3, 0.4) is 0 Å².